The molecule has 2 aromatic heterocycles. The van der Waals surface area contributed by atoms with Gasteiger partial charge >= 0.3 is 0 Å². The van der Waals surface area contributed by atoms with Crippen molar-refractivity contribution in [2.75, 3.05) is 6.54 Å². The quantitative estimate of drug-likeness (QED) is 0.302. The SMILES string of the molecule is C=CCN=c1scc(-c2ccccc2F)n1N=Cc1c[nH]c2ccc(Br)cc12. The number of H-pyrrole nitrogens is 1. The Kier molecular flexibility index (Phi) is 5.36. The van der Waals surface area contributed by atoms with E-state index in [-0.39, 0.29) is 5.82 Å². The van der Waals surface area contributed by atoms with Gasteiger partial charge < -0.3 is 4.98 Å². The highest BCUT2D eigenvalue weighted by atomic mass is 79.9. The van der Waals surface area contributed by atoms with Gasteiger partial charge in [-0.2, -0.15) is 5.10 Å². The van der Waals surface area contributed by atoms with E-state index in [4.69, 9.17) is 0 Å². The number of halogens is 2. The van der Waals surface area contributed by atoms with Gasteiger partial charge in [0.2, 0.25) is 4.80 Å². The monoisotopic (exact) mass is 454 g/mol. The zero-order valence-electron chi connectivity index (χ0n) is 14.8. The lowest BCUT2D eigenvalue weighted by Crippen LogP contribution is -2.12. The Hall–Kier alpha value is -2.77. The summed E-state index contributed by atoms with van der Waals surface area (Å²) in [5.41, 5.74) is 3.09. The van der Waals surface area contributed by atoms with E-state index in [1.807, 2.05) is 35.8 Å². The molecular weight excluding hydrogens is 439 g/mol. The third kappa shape index (κ3) is 3.63. The predicted octanol–water partition coefficient (Wildman–Crippen LogP) is 5.57. The van der Waals surface area contributed by atoms with E-state index in [0.29, 0.717) is 22.6 Å². The Morgan fingerprint density at radius 2 is 2.11 bits per heavy atom. The molecular formula is C21H16BrFN4S. The van der Waals surface area contributed by atoms with Gasteiger partial charge in [-0.1, -0.05) is 34.1 Å². The van der Waals surface area contributed by atoms with Gasteiger partial charge in [0.05, 0.1) is 18.5 Å². The average molecular weight is 455 g/mol. The van der Waals surface area contributed by atoms with Crippen LogP contribution in [0.3, 0.4) is 0 Å². The normalized spacial score (nSPS) is 12.3. The van der Waals surface area contributed by atoms with E-state index in [0.717, 1.165) is 20.9 Å². The summed E-state index contributed by atoms with van der Waals surface area (Å²) in [5, 5.41) is 7.54. The van der Waals surface area contributed by atoms with E-state index in [1.165, 1.54) is 17.4 Å². The molecule has 0 bridgehead atoms. The first-order chi connectivity index (χ1) is 13.7. The Bertz CT molecular complexity index is 1250. The minimum atomic E-state index is -0.296. The van der Waals surface area contributed by atoms with Crippen LogP contribution in [0.2, 0.25) is 0 Å². The highest BCUT2D eigenvalue weighted by Crippen LogP contribution is 2.24. The number of hydrogen-bond donors (Lipinski definition) is 1. The molecule has 0 unspecified atom stereocenters. The van der Waals surface area contributed by atoms with Crippen LogP contribution >= 0.6 is 27.3 Å². The lowest BCUT2D eigenvalue weighted by atomic mass is 10.1. The molecule has 28 heavy (non-hydrogen) atoms. The van der Waals surface area contributed by atoms with Crippen molar-refractivity contribution in [3.05, 3.63) is 87.4 Å². The fourth-order valence-corrected chi connectivity index (χ4v) is 4.06. The predicted molar refractivity (Wildman–Crippen MR) is 117 cm³/mol. The molecule has 0 saturated carbocycles. The highest BCUT2D eigenvalue weighted by molar-refractivity contribution is 9.10. The molecule has 4 rings (SSSR count). The molecule has 0 radical (unpaired) electrons. The second-order valence-corrected chi connectivity index (χ2v) is 7.76. The fourth-order valence-electron chi connectivity index (χ4n) is 2.86. The minimum absolute atomic E-state index is 0.296. The van der Waals surface area contributed by atoms with Gasteiger partial charge in [0.25, 0.3) is 0 Å². The van der Waals surface area contributed by atoms with Gasteiger partial charge in [0.1, 0.15) is 5.82 Å². The molecule has 0 amide bonds. The van der Waals surface area contributed by atoms with E-state index < -0.39 is 0 Å². The largest absolute Gasteiger partial charge is 0.361 e. The molecule has 4 aromatic rings. The molecule has 0 aliphatic carbocycles. The molecule has 0 atom stereocenters. The van der Waals surface area contributed by atoms with Gasteiger partial charge in [0, 0.05) is 38.1 Å². The molecule has 140 valence electrons. The molecule has 0 fully saturated rings. The van der Waals surface area contributed by atoms with Crippen LogP contribution in [0, 0.1) is 5.82 Å². The van der Waals surface area contributed by atoms with Crippen molar-refractivity contribution in [1.82, 2.24) is 9.66 Å². The summed E-state index contributed by atoms with van der Waals surface area (Å²) in [6.07, 6.45) is 5.37. The van der Waals surface area contributed by atoms with Gasteiger partial charge in [-0.15, -0.1) is 17.9 Å². The van der Waals surface area contributed by atoms with Crippen LogP contribution in [0.15, 0.2) is 81.3 Å². The summed E-state index contributed by atoms with van der Waals surface area (Å²) in [6.45, 7) is 4.17. The Labute approximate surface area is 173 Å². The zero-order chi connectivity index (χ0) is 19.5. The maximum Gasteiger partial charge on any atom is 0.206 e. The number of nitrogens with zero attached hydrogens (tertiary/aromatic N) is 3. The van der Waals surface area contributed by atoms with Crippen molar-refractivity contribution in [2.45, 2.75) is 0 Å². The molecule has 2 aromatic carbocycles. The number of hydrogen-bond acceptors (Lipinski definition) is 3. The Morgan fingerprint density at radius 1 is 1.25 bits per heavy atom. The third-order valence-corrected chi connectivity index (χ3v) is 5.53. The minimum Gasteiger partial charge on any atom is -0.361 e. The summed E-state index contributed by atoms with van der Waals surface area (Å²) >= 11 is 4.92. The van der Waals surface area contributed by atoms with Crippen molar-refractivity contribution < 1.29 is 4.39 Å². The average Bonchev–Trinajstić information content (AvgIpc) is 3.28. The Balaban J connectivity index is 1.84. The molecule has 0 spiro atoms. The first kappa shape index (κ1) is 18.6. The van der Waals surface area contributed by atoms with Crippen LogP contribution in [0.4, 0.5) is 4.39 Å². The summed E-state index contributed by atoms with van der Waals surface area (Å²) in [4.78, 5) is 8.40. The summed E-state index contributed by atoms with van der Waals surface area (Å²) in [7, 11) is 0. The van der Waals surface area contributed by atoms with Gasteiger partial charge in [-0.05, 0) is 30.3 Å². The van der Waals surface area contributed by atoms with Gasteiger partial charge in [-0.3, -0.25) is 4.99 Å². The molecule has 0 saturated heterocycles. The van der Waals surface area contributed by atoms with Crippen molar-refractivity contribution in [2.24, 2.45) is 10.1 Å². The standard InChI is InChI=1S/C21H16BrFN4S/c1-2-9-24-21-27(20(13-28-21)16-5-3-4-6-18(16)23)26-12-14-11-25-19-8-7-15(22)10-17(14)19/h2-8,10-13,25H,1,9H2. The highest BCUT2D eigenvalue weighted by Gasteiger charge is 2.11. The Morgan fingerprint density at radius 3 is 2.93 bits per heavy atom. The van der Waals surface area contributed by atoms with E-state index in [1.54, 1.807) is 29.1 Å². The van der Waals surface area contributed by atoms with Crippen LogP contribution in [0.1, 0.15) is 5.56 Å². The number of thiazole rings is 1. The number of rotatable bonds is 5. The van der Waals surface area contributed by atoms with Crippen molar-refractivity contribution in [3.8, 4) is 11.3 Å². The first-order valence-electron chi connectivity index (χ1n) is 8.55. The van der Waals surface area contributed by atoms with E-state index >= 15 is 0 Å². The summed E-state index contributed by atoms with van der Waals surface area (Å²) in [5.74, 6) is -0.296. The smallest absolute Gasteiger partial charge is 0.206 e. The van der Waals surface area contributed by atoms with Crippen LogP contribution in [-0.4, -0.2) is 22.4 Å². The number of benzene rings is 2. The maximum atomic E-state index is 14.4. The van der Waals surface area contributed by atoms with Gasteiger partial charge in [0.15, 0.2) is 0 Å². The number of aromatic amines is 1. The molecule has 0 aliphatic heterocycles. The fraction of sp³-hybridized carbons (Fsp3) is 0.0476. The lowest BCUT2D eigenvalue weighted by molar-refractivity contribution is 0.629. The van der Waals surface area contributed by atoms with Gasteiger partial charge in [-0.25, -0.2) is 9.07 Å². The molecule has 0 aliphatic rings. The zero-order valence-corrected chi connectivity index (χ0v) is 17.2. The van der Waals surface area contributed by atoms with Crippen molar-refractivity contribution in [3.63, 3.8) is 0 Å². The van der Waals surface area contributed by atoms with Crippen molar-refractivity contribution in [1.29, 1.82) is 0 Å². The van der Waals surface area contributed by atoms with E-state index in [9.17, 15) is 4.39 Å². The molecule has 4 nitrogen and oxygen atoms in total. The van der Waals surface area contributed by atoms with Crippen LogP contribution < -0.4 is 4.80 Å². The second kappa shape index (κ2) is 8.08. The number of fused-ring (bicyclic) bond motifs is 1. The lowest BCUT2D eigenvalue weighted by Gasteiger charge is -2.04. The van der Waals surface area contributed by atoms with Crippen molar-refractivity contribution >= 4 is 44.4 Å². The maximum absolute atomic E-state index is 14.4. The van der Waals surface area contributed by atoms with Crippen LogP contribution in [0.5, 0.6) is 0 Å². The summed E-state index contributed by atoms with van der Waals surface area (Å²) in [6, 6.07) is 12.7. The van der Waals surface area contributed by atoms with E-state index in [2.05, 4.69) is 37.6 Å². The third-order valence-electron chi connectivity index (χ3n) is 4.18. The molecule has 2 heterocycles. The second-order valence-electron chi connectivity index (χ2n) is 6.00. The summed E-state index contributed by atoms with van der Waals surface area (Å²) < 4.78 is 17.0. The van der Waals surface area contributed by atoms with Crippen LogP contribution in [0.25, 0.3) is 22.2 Å². The first-order valence-corrected chi connectivity index (χ1v) is 10.2. The molecule has 7 heteroatoms. The number of aromatic nitrogens is 2. The number of nitrogens with one attached hydrogen (secondary N) is 1. The van der Waals surface area contributed by atoms with Crippen LogP contribution in [-0.2, 0) is 0 Å². The topological polar surface area (TPSA) is 45.4 Å². The molecule has 1 N–H and O–H groups in total.